The van der Waals surface area contributed by atoms with Crippen LogP contribution in [0.2, 0.25) is 0 Å². The Bertz CT molecular complexity index is 627. The van der Waals surface area contributed by atoms with E-state index in [4.69, 9.17) is 0 Å². The second kappa shape index (κ2) is 8.30. The summed E-state index contributed by atoms with van der Waals surface area (Å²) in [6, 6.07) is 17.3. The lowest BCUT2D eigenvalue weighted by Crippen LogP contribution is -2.49. The maximum Gasteiger partial charge on any atom is 0.451 e. The van der Waals surface area contributed by atoms with Crippen molar-refractivity contribution in [2.24, 2.45) is 5.92 Å². The number of carbonyl (C=O) groups is 1. The van der Waals surface area contributed by atoms with Gasteiger partial charge in [-0.05, 0) is 17.0 Å². The molecule has 0 amide bonds. The van der Waals surface area contributed by atoms with Crippen LogP contribution in [0.5, 0.6) is 0 Å². The van der Waals surface area contributed by atoms with E-state index < -0.39 is 23.9 Å². The van der Waals surface area contributed by atoms with Crippen LogP contribution >= 0.6 is 0 Å². The molecule has 0 heterocycles. The largest absolute Gasteiger partial charge is 0.451 e. The first-order valence-corrected chi connectivity index (χ1v) is 8.22. The molecule has 0 aliphatic carbocycles. The lowest BCUT2D eigenvalue weighted by atomic mass is 9.96. The summed E-state index contributed by atoms with van der Waals surface area (Å²) in [5.41, 5.74) is 1.75. The first kappa shape index (κ1) is 19.2. The fourth-order valence-corrected chi connectivity index (χ4v) is 2.95. The van der Waals surface area contributed by atoms with Crippen molar-refractivity contribution in [3.63, 3.8) is 0 Å². The Labute approximate surface area is 146 Å². The first-order valence-electron chi connectivity index (χ1n) is 8.22. The van der Waals surface area contributed by atoms with Crippen molar-refractivity contribution in [2.45, 2.75) is 39.2 Å². The number of ketones is 1. The number of rotatable bonds is 7. The summed E-state index contributed by atoms with van der Waals surface area (Å²) in [5, 5.41) is 0. The molecule has 0 aliphatic rings. The van der Waals surface area contributed by atoms with E-state index in [9.17, 15) is 18.0 Å². The SMILES string of the molecule is CC(C)C(C(=O)C(F)(F)F)N(Cc1ccccc1)Cc1ccccc1. The van der Waals surface area contributed by atoms with E-state index in [1.807, 2.05) is 60.7 Å². The maximum absolute atomic E-state index is 13.1. The Morgan fingerprint density at radius 3 is 1.60 bits per heavy atom. The lowest BCUT2D eigenvalue weighted by Gasteiger charge is -2.34. The number of nitrogens with zero attached hydrogens (tertiary/aromatic N) is 1. The predicted molar refractivity (Wildman–Crippen MR) is 91.8 cm³/mol. The van der Waals surface area contributed by atoms with Gasteiger partial charge in [0, 0.05) is 13.1 Å². The minimum atomic E-state index is -4.85. The number of hydrogen-bond acceptors (Lipinski definition) is 2. The fourth-order valence-electron chi connectivity index (χ4n) is 2.95. The van der Waals surface area contributed by atoms with E-state index in [-0.39, 0.29) is 13.1 Å². The van der Waals surface area contributed by atoms with Crippen molar-refractivity contribution in [3.05, 3.63) is 71.8 Å². The first-order chi connectivity index (χ1) is 11.8. The molecule has 5 heteroatoms. The van der Waals surface area contributed by atoms with Crippen LogP contribution in [0.1, 0.15) is 25.0 Å². The molecule has 2 nitrogen and oxygen atoms in total. The van der Waals surface area contributed by atoms with Gasteiger partial charge in [0.1, 0.15) is 0 Å². The summed E-state index contributed by atoms with van der Waals surface area (Å²) >= 11 is 0. The van der Waals surface area contributed by atoms with Crippen LogP contribution in [0, 0.1) is 5.92 Å². The summed E-state index contributed by atoms with van der Waals surface area (Å²) in [6.07, 6.45) is -4.85. The Morgan fingerprint density at radius 2 is 1.28 bits per heavy atom. The molecule has 2 aromatic carbocycles. The van der Waals surface area contributed by atoms with Crippen molar-refractivity contribution in [3.8, 4) is 0 Å². The van der Waals surface area contributed by atoms with Crippen LogP contribution in [0.4, 0.5) is 13.2 Å². The predicted octanol–water partition coefficient (Wildman–Crippen LogP) is 4.84. The molecule has 1 unspecified atom stereocenters. The van der Waals surface area contributed by atoms with Crippen LogP contribution < -0.4 is 0 Å². The van der Waals surface area contributed by atoms with Gasteiger partial charge in [0.15, 0.2) is 0 Å². The topological polar surface area (TPSA) is 20.3 Å². The molecule has 134 valence electrons. The van der Waals surface area contributed by atoms with Crippen LogP contribution in [-0.2, 0) is 17.9 Å². The smallest absolute Gasteiger partial charge is 0.288 e. The highest BCUT2D eigenvalue weighted by atomic mass is 19.4. The molecule has 0 saturated carbocycles. The summed E-state index contributed by atoms with van der Waals surface area (Å²) in [6.45, 7) is 3.86. The van der Waals surface area contributed by atoms with Gasteiger partial charge in [-0.1, -0.05) is 74.5 Å². The molecular formula is C20H22F3NO. The van der Waals surface area contributed by atoms with Gasteiger partial charge in [0.2, 0.25) is 0 Å². The number of carbonyl (C=O) groups excluding carboxylic acids is 1. The molecule has 0 N–H and O–H groups in total. The van der Waals surface area contributed by atoms with Crippen molar-refractivity contribution in [1.82, 2.24) is 4.90 Å². The van der Waals surface area contributed by atoms with E-state index in [0.717, 1.165) is 11.1 Å². The van der Waals surface area contributed by atoms with E-state index in [2.05, 4.69) is 0 Å². The van der Waals surface area contributed by atoms with Gasteiger partial charge in [0.25, 0.3) is 5.78 Å². The zero-order valence-electron chi connectivity index (χ0n) is 14.3. The van der Waals surface area contributed by atoms with Crippen molar-refractivity contribution in [1.29, 1.82) is 0 Å². The number of benzene rings is 2. The van der Waals surface area contributed by atoms with Crippen LogP contribution in [0.15, 0.2) is 60.7 Å². The van der Waals surface area contributed by atoms with Crippen molar-refractivity contribution >= 4 is 5.78 Å². The Hall–Kier alpha value is -2.14. The zero-order valence-corrected chi connectivity index (χ0v) is 14.3. The molecule has 0 aromatic heterocycles. The second-order valence-corrected chi connectivity index (χ2v) is 6.43. The Morgan fingerprint density at radius 1 is 0.880 bits per heavy atom. The molecule has 0 fully saturated rings. The van der Waals surface area contributed by atoms with Gasteiger partial charge in [-0.25, -0.2) is 0 Å². The third kappa shape index (κ3) is 5.43. The molecule has 0 radical (unpaired) electrons. The van der Waals surface area contributed by atoms with Crippen LogP contribution in [0.3, 0.4) is 0 Å². The van der Waals surface area contributed by atoms with E-state index in [1.165, 1.54) is 0 Å². The van der Waals surface area contributed by atoms with E-state index in [1.54, 1.807) is 18.7 Å². The van der Waals surface area contributed by atoms with E-state index in [0.29, 0.717) is 0 Å². The molecule has 2 rings (SSSR count). The van der Waals surface area contributed by atoms with Crippen molar-refractivity contribution in [2.75, 3.05) is 0 Å². The summed E-state index contributed by atoms with van der Waals surface area (Å²) in [4.78, 5) is 13.7. The molecule has 25 heavy (non-hydrogen) atoms. The number of halogens is 3. The highest BCUT2D eigenvalue weighted by molar-refractivity contribution is 5.89. The molecule has 0 spiro atoms. The van der Waals surface area contributed by atoms with Crippen LogP contribution in [-0.4, -0.2) is 22.9 Å². The lowest BCUT2D eigenvalue weighted by molar-refractivity contribution is -0.179. The normalized spacial score (nSPS) is 13.2. The molecule has 0 bridgehead atoms. The van der Waals surface area contributed by atoms with Gasteiger partial charge in [0.05, 0.1) is 6.04 Å². The summed E-state index contributed by atoms with van der Waals surface area (Å²) in [5.74, 6) is -2.14. The maximum atomic E-state index is 13.1. The molecule has 2 aromatic rings. The highest BCUT2D eigenvalue weighted by Crippen LogP contribution is 2.27. The van der Waals surface area contributed by atoms with E-state index >= 15 is 0 Å². The van der Waals surface area contributed by atoms with Gasteiger partial charge in [-0.2, -0.15) is 13.2 Å². The third-order valence-corrected chi connectivity index (χ3v) is 4.03. The van der Waals surface area contributed by atoms with Gasteiger partial charge < -0.3 is 0 Å². The minimum Gasteiger partial charge on any atom is -0.288 e. The standard InChI is InChI=1S/C20H22F3NO/c1-15(2)18(19(25)20(21,22)23)24(13-16-9-5-3-6-10-16)14-17-11-7-4-8-12-17/h3-12,15,18H,13-14H2,1-2H3. The molecule has 0 aliphatic heterocycles. The molecule has 1 atom stereocenters. The molecular weight excluding hydrogens is 327 g/mol. The monoisotopic (exact) mass is 349 g/mol. The fraction of sp³-hybridized carbons (Fsp3) is 0.350. The average Bonchev–Trinajstić information content (AvgIpc) is 2.55. The zero-order chi connectivity index (χ0) is 18.4. The Balaban J connectivity index is 2.35. The van der Waals surface area contributed by atoms with Crippen molar-refractivity contribution < 1.29 is 18.0 Å². The minimum absolute atomic E-state index is 0.278. The third-order valence-electron chi connectivity index (χ3n) is 4.03. The van der Waals surface area contributed by atoms with Gasteiger partial charge in [-0.3, -0.25) is 9.69 Å². The number of hydrogen-bond donors (Lipinski definition) is 0. The average molecular weight is 349 g/mol. The van der Waals surface area contributed by atoms with Gasteiger partial charge in [-0.15, -0.1) is 0 Å². The Kier molecular flexibility index (Phi) is 6.37. The number of alkyl halides is 3. The quantitative estimate of drug-likeness (QED) is 0.712. The highest BCUT2D eigenvalue weighted by Gasteiger charge is 2.46. The molecule has 0 saturated heterocycles. The summed E-state index contributed by atoms with van der Waals surface area (Å²) < 4.78 is 39.4. The summed E-state index contributed by atoms with van der Waals surface area (Å²) in [7, 11) is 0. The van der Waals surface area contributed by atoms with Gasteiger partial charge >= 0.3 is 6.18 Å². The van der Waals surface area contributed by atoms with Crippen LogP contribution in [0.25, 0.3) is 0 Å². The second-order valence-electron chi connectivity index (χ2n) is 6.43. The number of Topliss-reactive ketones (excluding diaryl/α,β-unsaturated/α-hetero) is 1.